The van der Waals surface area contributed by atoms with E-state index >= 15 is 0 Å². The Labute approximate surface area is 124 Å². The number of aromatic nitrogens is 1. The number of guanidine groups is 1. The van der Waals surface area contributed by atoms with E-state index < -0.39 is 0 Å². The molecule has 1 aliphatic rings. The predicted molar refractivity (Wildman–Crippen MR) is 83.5 cm³/mol. The Morgan fingerprint density at radius 1 is 1.45 bits per heavy atom. The Morgan fingerprint density at radius 3 is 2.90 bits per heavy atom. The summed E-state index contributed by atoms with van der Waals surface area (Å²) < 4.78 is 5.28. The van der Waals surface area contributed by atoms with Crippen LogP contribution >= 0.6 is 11.3 Å². The first kappa shape index (κ1) is 15.1. The number of thiazole rings is 1. The molecule has 1 saturated heterocycles. The van der Waals surface area contributed by atoms with E-state index in [0.717, 1.165) is 57.5 Å². The van der Waals surface area contributed by atoms with Crippen LogP contribution in [0.1, 0.15) is 13.3 Å². The molecule has 2 N–H and O–H groups in total. The monoisotopic (exact) mass is 297 g/mol. The van der Waals surface area contributed by atoms with Gasteiger partial charge in [0.1, 0.15) is 0 Å². The van der Waals surface area contributed by atoms with Gasteiger partial charge in [-0.25, -0.2) is 4.98 Å². The maximum atomic E-state index is 6.03. The molecule has 7 heteroatoms. The maximum absolute atomic E-state index is 6.03. The fourth-order valence-corrected chi connectivity index (χ4v) is 2.80. The Morgan fingerprint density at radius 2 is 2.25 bits per heavy atom. The zero-order valence-electron chi connectivity index (χ0n) is 12.0. The highest BCUT2D eigenvalue weighted by molar-refractivity contribution is 7.13. The molecule has 0 radical (unpaired) electrons. The molecule has 0 bridgehead atoms. The molecule has 0 unspecified atom stereocenters. The summed E-state index contributed by atoms with van der Waals surface area (Å²) in [7, 11) is 0. The van der Waals surface area contributed by atoms with Crippen molar-refractivity contribution in [2.75, 3.05) is 50.8 Å². The summed E-state index contributed by atoms with van der Waals surface area (Å²) in [5.41, 5.74) is 6.03. The van der Waals surface area contributed by atoms with Gasteiger partial charge in [-0.05, 0) is 13.3 Å². The van der Waals surface area contributed by atoms with E-state index in [-0.39, 0.29) is 0 Å². The lowest BCUT2D eigenvalue weighted by atomic mass is 10.3. The standard InChI is InChI=1S/C13H23N5OS/c1-2-19-10-3-4-15-12(14)17-6-8-18(9-7-17)13-16-5-11-20-13/h5,11H,2-4,6-10H2,1H3,(H2,14,15). The summed E-state index contributed by atoms with van der Waals surface area (Å²) in [6.07, 6.45) is 2.77. The molecule has 0 saturated carbocycles. The minimum Gasteiger partial charge on any atom is -0.382 e. The molecule has 1 fully saturated rings. The van der Waals surface area contributed by atoms with E-state index in [1.807, 2.05) is 18.5 Å². The van der Waals surface area contributed by atoms with Gasteiger partial charge < -0.3 is 20.3 Å². The van der Waals surface area contributed by atoms with Crippen molar-refractivity contribution in [3.63, 3.8) is 0 Å². The Hall–Kier alpha value is -1.34. The van der Waals surface area contributed by atoms with Crippen molar-refractivity contribution in [1.82, 2.24) is 9.88 Å². The molecule has 0 aliphatic carbocycles. The van der Waals surface area contributed by atoms with Gasteiger partial charge in [0, 0.05) is 57.5 Å². The Balaban J connectivity index is 1.71. The van der Waals surface area contributed by atoms with Gasteiger partial charge in [0.15, 0.2) is 11.1 Å². The molecule has 2 heterocycles. The molecular weight excluding hydrogens is 274 g/mol. The molecule has 112 valence electrons. The molecule has 0 amide bonds. The molecule has 0 atom stereocenters. The fourth-order valence-electron chi connectivity index (χ4n) is 2.10. The van der Waals surface area contributed by atoms with Crippen molar-refractivity contribution in [2.45, 2.75) is 13.3 Å². The Kier molecular flexibility index (Phi) is 6.07. The van der Waals surface area contributed by atoms with E-state index in [1.54, 1.807) is 11.3 Å². The minimum atomic E-state index is 0.653. The van der Waals surface area contributed by atoms with E-state index in [0.29, 0.717) is 5.96 Å². The average molecular weight is 297 g/mol. The summed E-state index contributed by atoms with van der Waals surface area (Å²) in [4.78, 5) is 13.2. The molecule has 20 heavy (non-hydrogen) atoms. The van der Waals surface area contributed by atoms with E-state index in [4.69, 9.17) is 10.5 Å². The van der Waals surface area contributed by atoms with Gasteiger partial charge in [-0.15, -0.1) is 11.3 Å². The second-order valence-electron chi connectivity index (χ2n) is 4.58. The predicted octanol–water partition coefficient (Wildman–Crippen LogP) is 1.01. The number of nitrogens with two attached hydrogens (primary N) is 1. The maximum Gasteiger partial charge on any atom is 0.191 e. The lowest BCUT2D eigenvalue weighted by molar-refractivity contribution is 0.146. The van der Waals surface area contributed by atoms with E-state index in [9.17, 15) is 0 Å². The van der Waals surface area contributed by atoms with E-state index in [2.05, 4.69) is 19.8 Å². The number of aliphatic imine (C=N–C) groups is 1. The van der Waals surface area contributed by atoms with Crippen LogP contribution in [-0.4, -0.2) is 61.8 Å². The van der Waals surface area contributed by atoms with Gasteiger partial charge in [-0.2, -0.15) is 0 Å². The molecule has 2 rings (SSSR count). The van der Waals surface area contributed by atoms with Crippen LogP contribution in [0.3, 0.4) is 0 Å². The average Bonchev–Trinajstić information content (AvgIpc) is 3.01. The van der Waals surface area contributed by atoms with Crippen LogP contribution < -0.4 is 10.6 Å². The van der Waals surface area contributed by atoms with Crippen molar-refractivity contribution in [1.29, 1.82) is 0 Å². The number of rotatable bonds is 6. The normalized spacial score (nSPS) is 16.8. The topological polar surface area (TPSA) is 67.0 Å². The van der Waals surface area contributed by atoms with E-state index in [1.165, 1.54) is 0 Å². The van der Waals surface area contributed by atoms with Crippen LogP contribution in [0.4, 0.5) is 5.13 Å². The summed E-state index contributed by atoms with van der Waals surface area (Å²) in [6, 6.07) is 0. The van der Waals surface area contributed by atoms with Gasteiger partial charge in [-0.1, -0.05) is 0 Å². The van der Waals surface area contributed by atoms with Crippen LogP contribution in [0.15, 0.2) is 16.6 Å². The summed E-state index contributed by atoms with van der Waals surface area (Å²) in [5, 5.41) is 3.10. The zero-order chi connectivity index (χ0) is 14.2. The molecular formula is C13H23N5OS. The SMILES string of the molecule is CCOCCCN=C(N)N1CCN(c2nccs2)CC1. The highest BCUT2D eigenvalue weighted by Gasteiger charge is 2.19. The summed E-state index contributed by atoms with van der Waals surface area (Å²) in [5.74, 6) is 0.653. The van der Waals surface area contributed by atoms with Crippen molar-refractivity contribution < 1.29 is 4.74 Å². The van der Waals surface area contributed by atoms with Gasteiger partial charge >= 0.3 is 0 Å². The quantitative estimate of drug-likeness (QED) is 0.482. The first-order valence-electron chi connectivity index (χ1n) is 7.08. The third-order valence-corrected chi connectivity index (χ3v) is 4.05. The lowest BCUT2D eigenvalue weighted by Gasteiger charge is -2.35. The molecule has 1 aromatic rings. The molecule has 1 aliphatic heterocycles. The molecule has 1 aromatic heterocycles. The van der Waals surface area contributed by atoms with Crippen molar-refractivity contribution in [3.8, 4) is 0 Å². The first-order chi connectivity index (χ1) is 9.81. The van der Waals surface area contributed by atoms with Crippen molar-refractivity contribution >= 4 is 22.4 Å². The largest absolute Gasteiger partial charge is 0.382 e. The molecule has 6 nitrogen and oxygen atoms in total. The van der Waals surface area contributed by atoms with Crippen LogP contribution in [0, 0.1) is 0 Å². The summed E-state index contributed by atoms with van der Waals surface area (Å²) in [6.45, 7) is 7.95. The van der Waals surface area contributed by atoms with Gasteiger partial charge in [0.05, 0.1) is 0 Å². The second-order valence-corrected chi connectivity index (χ2v) is 5.45. The molecule has 0 aromatic carbocycles. The van der Waals surface area contributed by atoms with Crippen LogP contribution in [0.5, 0.6) is 0 Å². The lowest BCUT2D eigenvalue weighted by Crippen LogP contribution is -2.51. The van der Waals surface area contributed by atoms with Crippen LogP contribution in [0.25, 0.3) is 0 Å². The number of anilines is 1. The van der Waals surface area contributed by atoms with Gasteiger partial charge in [0.2, 0.25) is 0 Å². The number of ether oxygens (including phenoxy) is 1. The fraction of sp³-hybridized carbons (Fsp3) is 0.692. The third-order valence-electron chi connectivity index (χ3n) is 3.22. The van der Waals surface area contributed by atoms with Gasteiger partial charge in [-0.3, -0.25) is 4.99 Å². The third kappa shape index (κ3) is 4.35. The minimum absolute atomic E-state index is 0.653. The zero-order valence-corrected chi connectivity index (χ0v) is 12.8. The number of piperazine rings is 1. The highest BCUT2D eigenvalue weighted by atomic mass is 32.1. The number of nitrogens with zero attached hydrogens (tertiary/aromatic N) is 4. The second kappa shape index (κ2) is 8.06. The molecule has 0 spiro atoms. The Bertz CT molecular complexity index is 401. The smallest absolute Gasteiger partial charge is 0.191 e. The van der Waals surface area contributed by atoms with Crippen LogP contribution in [-0.2, 0) is 4.74 Å². The van der Waals surface area contributed by atoms with Crippen LogP contribution in [0.2, 0.25) is 0 Å². The highest BCUT2D eigenvalue weighted by Crippen LogP contribution is 2.18. The number of hydrogen-bond donors (Lipinski definition) is 1. The first-order valence-corrected chi connectivity index (χ1v) is 7.96. The van der Waals surface area contributed by atoms with Crippen molar-refractivity contribution in [3.05, 3.63) is 11.6 Å². The van der Waals surface area contributed by atoms with Gasteiger partial charge in [0.25, 0.3) is 0 Å². The summed E-state index contributed by atoms with van der Waals surface area (Å²) >= 11 is 1.68. The number of hydrogen-bond acceptors (Lipinski definition) is 5. The van der Waals surface area contributed by atoms with Crippen molar-refractivity contribution in [2.24, 2.45) is 10.7 Å².